The van der Waals surface area contributed by atoms with Crippen molar-refractivity contribution in [1.82, 2.24) is 5.32 Å². The summed E-state index contributed by atoms with van der Waals surface area (Å²) >= 11 is 6.99. The fraction of sp³-hybridized carbons (Fsp3) is 0.571. The maximum Gasteiger partial charge on any atom is 0.334 e. The van der Waals surface area contributed by atoms with Gasteiger partial charge in [-0.2, -0.15) is 0 Å². The highest BCUT2D eigenvalue weighted by Crippen LogP contribution is 2.25. The molecule has 1 aliphatic rings. The van der Waals surface area contributed by atoms with Gasteiger partial charge in [0.2, 0.25) is 0 Å². The number of nitrogens with one attached hydrogen (secondary N) is 1. The smallest absolute Gasteiger partial charge is 0.334 e. The second-order valence-corrected chi connectivity index (χ2v) is 7.15. The fourth-order valence-electron chi connectivity index (χ4n) is 1.97. The Bertz CT molecular complexity index is 523. The van der Waals surface area contributed by atoms with Crippen LogP contribution in [0.2, 0.25) is 4.34 Å². The Kier molecular flexibility index (Phi) is 5.24. The van der Waals surface area contributed by atoms with Crippen molar-refractivity contribution in [3.63, 3.8) is 0 Å². The number of halogens is 1. The van der Waals surface area contributed by atoms with Crippen molar-refractivity contribution in [2.24, 2.45) is 5.92 Å². The molecule has 0 saturated carbocycles. The number of thiophene rings is 1. The third-order valence-corrected chi connectivity index (χ3v) is 4.34. The molecule has 0 aromatic carbocycles. The molecule has 1 unspecified atom stereocenters. The van der Waals surface area contributed by atoms with Gasteiger partial charge in [0.05, 0.1) is 22.4 Å². The summed E-state index contributed by atoms with van der Waals surface area (Å²) in [7, 11) is 0. The molecule has 0 bridgehead atoms. The Labute approximate surface area is 132 Å². The van der Waals surface area contributed by atoms with E-state index in [0.717, 1.165) is 0 Å². The van der Waals surface area contributed by atoms with Crippen molar-refractivity contribution >= 4 is 34.8 Å². The monoisotopic (exact) mass is 331 g/mol. The van der Waals surface area contributed by atoms with Crippen LogP contribution < -0.4 is 5.32 Å². The highest BCUT2D eigenvalue weighted by molar-refractivity contribution is 7.18. The van der Waals surface area contributed by atoms with Crippen molar-refractivity contribution in [3.8, 4) is 0 Å². The molecule has 1 aromatic rings. The van der Waals surface area contributed by atoms with Crippen LogP contribution in [-0.4, -0.2) is 37.2 Å². The molecule has 1 amide bonds. The third-order valence-electron chi connectivity index (χ3n) is 3.11. The molecule has 1 fully saturated rings. The van der Waals surface area contributed by atoms with E-state index >= 15 is 0 Å². The standard InChI is InChI=1S/C14H18ClNO4S/c1-9(2)7-20-13(18)14(5-6-19-8-14)16-12(17)10-3-4-11(15)21-10/h3-4,9H,5-8H2,1-2H3,(H,16,17). The minimum absolute atomic E-state index is 0.134. The molecule has 2 heterocycles. The van der Waals surface area contributed by atoms with Crippen molar-refractivity contribution in [3.05, 3.63) is 21.3 Å². The molecule has 21 heavy (non-hydrogen) atoms. The molecular formula is C14H18ClNO4S. The van der Waals surface area contributed by atoms with Gasteiger partial charge in [-0.15, -0.1) is 11.3 Å². The molecule has 116 valence electrons. The Morgan fingerprint density at radius 2 is 2.29 bits per heavy atom. The largest absolute Gasteiger partial charge is 0.464 e. The maximum atomic E-state index is 12.3. The summed E-state index contributed by atoms with van der Waals surface area (Å²) in [6.45, 7) is 4.78. The van der Waals surface area contributed by atoms with Gasteiger partial charge in [0.25, 0.3) is 5.91 Å². The average molecular weight is 332 g/mol. The molecule has 5 nitrogen and oxygen atoms in total. The fourth-order valence-corrected chi connectivity index (χ4v) is 2.91. The van der Waals surface area contributed by atoms with E-state index in [9.17, 15) is 9.59 Å². The van der Waals surface area contributed by atoms with Gasteiger partial charge in [-0.1, -0.05) is 25.4 Å². The first-order valence-electron chi connectivity index (χ1n) is 6.76. The van der Waals surface area contributed by atoms with Gasteiger partial charge in [-0.05, 0) is 18.1 Å². The predicted molar refractivity (Wildman–Crippen MR) is 80.8 cm³/mol. The summed E-state index contributed by atoms with van der Waals surface area (Å²) in [5.74, 6) is -0.538. The predicted octanol–water partition coefficient (Wildman–Crippen LogP) is 2.49. The van der Waals surface area contributed by atoms with Gasteiger partial charge in [0.1, 0.15) is 0 Å². The number of hydrogen-bond acceptors (Lipinski definition) is 5. The Balaban J connectivity index is 2.07. The summed E-state index contributed by atoms with van der Waals surface area (Å²) in [6.07, 6.45) is 0.411. The summed E-state index contributed by atoms with van der Waals surface area (Å²) in [5, 5.41) is 2.76. The van der Waals surface area contributed by atoms with Crippen molar-refractivity contribution in [2.45, 2.75) is 25.8 Å². The first kappa shape index (κ1) is 16.3. The van der Waals surface area contributed by atoms with E-state index in [4.69, 9.17) is 21.1 Å². The van der Waals surface area contributed by atoms with E-state index in [1.54, 1.807) is 12.1 Å². The van der Waals surface area contributed by atoms with Gasteiger partial charge in [0.15, 0.2) is 5.54 Å². The number of carbonyl (C=O) groups excluding carboxylic acids is 2. The number of carbonyl (C=O) groups is 2. The van der Waals surface area contributed by atoms with Crippen LogP contribution in [0.15, 0.2) is 12.1 Å². The third kappa shape index (κ3) is 3.96. The lowest BCUT2D eigenvalue weighted by atomic mass is 9.98. The minimum atomic E-state index is -1.09. The minimum Gasteiger partial charge on any atom is -0.464 e. The Morgan fingerprint density at radius 3 is 2.81 bits per heavy atom. The first-order chi connectivity index (χ1) is 9.93. The highest BCUT2D eigenvalue weighted by Gasteiger charge is 2.45. The lowest BCUT2D eigenvalue weighted by molar-refractivity contribution is -0.152. The molecule has 7 heteroatoms. The summed E-state index contributed by atoms with van der Waals surface area (Å²) in [4.78, 5) is 25.0. The van der Waals surface area contributed by atoms with E-state index < -0.39 is 11.5 Å². The zero-order valence-electron chi connectivity index (χ0n) is 12.0. The van der Waals surface area contributed by atoms with Gasteiger partial charge >= 0.3 is 5.97 Å². The van der Waals surface area contributed by atoms with Crippen LogP contribution >= 0.6 is 22.9 Å². The summed E-state index contributed by atoms with van der Waals surface area (Å²) in [6, 6.07) is 3.28. The van der Waals surface area contributed by atoms with E-state index in [1.165, 1.54) is 11.3 Å². The zero-order chi connectivity index (χ0) is 15.5. The lowest BCUT2D eigenvalue weighted by Crippen LogP contribution is -2.56. The number of esters is 1. The van der Waals surface area contributed by atoms with Crippen LogP contribution in [0.3, 0.4) is 0 Å². The van der Waals surface area contributed by atoms with E-state index in [0.29, 0.717) is 28.8 Å². The average Bonchev–Trinajstić information content (AvgIpc) is 3.05. The molecule has 1 N–H and O–H groups in total. The number of ether oxygens (including phenoxy) is 2. The summed E-state index contributed by atoms with van der Waals surface area (Å²) < 4.78 is 11.1. The van der Waals surface area contributed by atoms with E-state index in [2.05, 4.69) is 5.32 Å². The molecule has 0 spiro atoms. The SMILES string of the molecule is CC(C)COC(=O)C1(NC(=O)c2ccc(Cl)s2)CCOC1. The quantitative estimate of drug-likeness (QED) is 0.842. The first-order valence-corrected chi connectivity index (χ1v) is 7.95. The molecule has 1 atom stereocenters. The molecule has 2 rings (SSSR count). The lowest BCUT2D eigenvalue weighted by Gasteiger charge is -2.26. The van der Waals surface area contributed by atoms with E-state index in [-0.39, 0.29) is 18.4 Å². The molecule has 1 saturated heterocycles. The van der Waals surface area contributed by atoms with Gasteiger partial charge in [0, 0.05) is 13.0 Å². The van der Waals surface area contributed by atoms with Gasteiger partial charge in [-0.3, -0.25) is 4.79 Å². The maximum absolute atomic E-state index is 12.3. The van der Waals surface area contributed by atoms with E-state index in [1.807, 2.05) is 13.8 Å². The normalized spacial score (nSPS) is 21.5. The Morgan fingerprint density at radius 1 is 1.52 bits per heavy atom. The molecule has 0 aliphatic carbocycles. The van der Waals surface area contributed by atoms with Crippen LogP contribution in [-0.2, 0) is 14.3 Å². The number of hydrogen-bond donors (Lipinski definition) is 1. The van der Waals surface area contributed by atoms with Gasteiger partial charge < -0.3 is 14.8 Å². The van der Waals surface area contributed by atoms with Crippen molar-refractivity contribution in [1.29, 1.82) is 0 Å². The summed E-state index contributed by atoms with van der Waals surface area (Å²) in [5.41, 5.74) is -1.09. The van der Waals surface area contributed by atoms with Crippen molar-refractivity contribution < 1.29 is 19.1 Å². The molecule has 0 radical (unpaired) electrons. The number of rotatable bonds is 5. The molecule has 1 aromatic heterocycles. The van der Waals surface area contributed by atoms with Crippen LogP contribution in [0.1, 0.15) is 29.9 Å². The van der Waals surface area contributed by atoms with Crippen molar-refractivity contribution in [2.75, 3.05) is 19.8 Å². The second-order valence-electron chi connectivity index (χ2n) is 5.43. The zero-order valence-corrected chi connectivity index (χ0v) is 13.6. The highest BCUT2D eigenvalue weighted by atomic mass is 35.5. The van der Waals surface area contributed by atoms with Crippen LogP contribution in [0.5, 0.6) is 0 Å². The van der Waals surface area contributed by atoms with Crippen LogP contribution in [0, 0.1) is 5.92 Å². The topological polar surface area (TPSA) is 64.6 Å². The van der Waals surface area contributed by atoms with Crippen LogP contribution in [0.4, 0.5) is 0 Å². The van der Waals surface area contributed by atoms with Gasteiger partial charge in [-0.25, -0.2) is 4.79 Å². The molecule has 1 aliphatic heterocycles. The Hall–Kier alpha value is -1.11. The second kappa shape index (κ2) is 6.77. The molecular weight excluding hydrogens is 314 g/mol. The van der Waals surface area contributed by atoms with Crippen LogP contribution in [0.25, 0.3) is 0 Å². The number of amides is 1.